The second kappa shape index (κ2) is 17.7. The van der Waals surface area contributed by atoms with Crippen LogP contribution in [0.4, 0.5) is 0 Å². The summed E-state index contributed by atoms with van der Waals surface area (Å²) in [5, 5.41) is 0. The molecule has 6 nitrogen and oxygen atoms in total. The summed E-state index contributed by atoms with van der Waals surface area (Å²) < 4.78 is 40.1. The molecule has 1 aliphatic rings. The van der Waals surface area contributed by atoms with Crippen molar-refractivity contribution in [1.29, 1.82) is 0 Å². The van der Waals surface area contributed by atoms with E-state index in [1.54, 1.807) is 12.2 Å². The number of hydrogen-bond acceptors (Lipinski definition) is 6. The monoisotopic (exact) mass is 620 g/mol. The molecule has 240 valence electrons. The molecule has 1 aliphatic heterocycles. The third kappa shape index (κ3) is 9.33. The van der Waals surface area contributed by atoms with Gasteiger partial charge in [-0.3, -0.25) is 0 Å². The van der Waals surface area contributed by atoms with Crippen LogP contribution < -0.4 is 0 Å². The molecule has 1 fully saturated rings. The highest BCUT2D eigenvalue weighted by atomic mass is 16.7. The van der Waals surface area contributed by atoms with Crippen LogP contribution in [0.2, 0.25) is 0 Å². The first-order chi connectivity index (χ1) is 22.7. The largest absolute Gasteiger partial charge is 0.374 e. The van der Waals surface area contributed by atoms with E-state index in [0.717, 1.165) is 22.3 Å². The van der Waals surface area contributed by atoms with Crippen LogP contribution in [0.1, 0.15) is 28.7 Å². The highest BCUT2D eigenvalue weighted by Gasteiger charge is 2.57. The van der Waals surface area contributed by atoms with E-state index in [-0.39, 0.29) is 13.2 Å². The molecule has 5 rings (SSSR count). The lowest BCUT2D eigenvalue weighted by Gasteiger charge is -2.52. The second-order valence-corrected chi connectivity index (χ2v) is 11.3. The molecule has 0 N–H and O–H groups in total. The molecule has 0 saturated carbocycles. The smallest absolute Gasteiger partial charge is 0.201 e. The summed E-state index contributed by atoms with van der Waals surface area (Å²) in [6.45, 7) is 9.93. The zero-order valence-electron chi connectivity index (χ0n) is 26.3. The Morgan fingerprint density at radius 3 is 1.50 bits per heavy atom. The van der Waals surface area contributed by atoms with Crippen molar-refractivity contribution in [3.8, 4) is 0 Å². The second-order valence-electron chi connectivity index (χ2n) is 11.3. The van der Waals surface area contributed by atoms with Crippen molar-refractivity contribution in [3.63, 3.8) is 0 Å². The average molecular weight is 621 g/mol. The van der Waals surface area contributed by atoms with E-state index in [1.807, 2.05) is 121 Å². The molecular weight excluding hydrogens is 576 g/mol. The van der Waals surface area contributed by atoms with Crippen LogP contribution in [0.25, 0.3) is 0 Å². The molecule has 0 radical (unpaired) electrons. The fourth-order valence-electron chi connectivity index (χ4n) is 5.66. The van der Waals surface area contributed by atoms with Crippen molar-refractivity contribution in [3.05, 3.63) is 169 Å². The first-order valence-electron chi connectivity index (χ1n) is 15.8. The predicted octanol–water partition coefficient (Wildman–Crippen LogP) is 7.83. The van der Waals surface area contributed by atoms with E-state index in [9.17, 15) is 0 Å². The highest BCUT2D eigenvalue weighted by molar-refractivity contribution is 5.17. The van der Waals surface area contributed by atoms with E-state index in [1.165, 1.54) is 0 Å². The molecule has 5 atom stereocenters. The Morgan fingerprint density at radius 1 is 0.565 bits per heavy atom. The van der Waals surface area contributed by atoms with Gasteiger partial charge in [0.25, 0.3) is 0 Å². The molecule has 4 aromatic carbocycles. The van der Waals surface area contributed by atoms with Crippen molar-refractivity contribution in [2.24, 2.45) is 0 Å². The molecule has 0 unspecified atom stereocenters. The van der Waals surface area contributed by atoms with Crippen LogP contribution in [-0.4, -0.2) is 43.4 Å². The van der Waals surface area contributed by atoms with Gasteiger partial charge >= 0.3 is 0 Å². The molecule has 4 aromatic rings. The van der Waals surface area contributed by atoms with Crippen molar-refractivity contribution in [2.75, 3.05) is 13.2 Å². The Balaban J connectivity index is 1.50. The highest BCUT2D eigenvalue weighted by Crippen LogP contribution is 2.40. The maximum absolute atomic E-state index is 6.94. The van der Waals surface area contributed by atoms with Crippen LogP contribution in [0.15, 0.2) is 147 Å². The summed E-state index contributed by atoms with van der Waals surface area (Å²) in [6.07, 6.45) is 1.49. The molecule has 0 amide bonds. The lowest BCUT2D eigenvalue weighted by Crippen LogP contribution is -2.68. The van der Waals surface area contributed by atoms with Gasteiger partial charge < -0.3 is 28.4 Å². The van der Waals surface area contributed by atoms with Crippen LogP contribution in [-0.2, 0) is 54.8 Å². The van der Waals surface area contributed by atoms with Gasteiger partial charge in [0.1, 0.15) is 24.4 Å². The van der Waals surface area contributed by atoms with Gasteiger partial charge in [-0.15, -0.1) is 13.2 Å². The number of ether oxygens (including phenoxy) is 6. The zero-order chi connectivity index (χ0) is 31.9. The van der Waals surface area contributed by atoms with Crippen molar-refractivity contribution < 1.29 is 28.4 Å². The SMILES string of the molecule is C=CCO[C@@]1(CC=C)O[C@H](COCc2ccccc2)[C@@H](OCc2ccccc2)[C@H](OCc2ccccc2)[C@H]1OCc1ccccc1. The summed E-state index contributed by atoms with van der Waals surface area (Å²) in [4.78, 5) is 0. The number of rotatable bonds is 18. The maximum Gasteiger partial charge on any atom is 0.201 e. The van der Waals surface area contributed by atoms with Gasteiger partial charge in [0, 0.05) is 6.42 Å². The molecule has 0 aromatic heterocycles. The summed E-state index contributed by atoms with van der Waals surface area (Å²) >= 11 is 0. The summed E-state index contributed by atoms with van der Waals surface area (Å²) in [5.41, 5.74) is 4.17. The van der Waals surface area contributed by atoms with Gasteiger partial charge in [0.15, 0.2) is 0 Å². The quantitative estimate of drug-likeness (QED) is 0.106. The van der Waals surface area contributed by atoms with E-state index >= 15 is 0 Å². The molecule has 1 saturated heterocycles. The number of hydrogen-bond donors (Lipinski definition) is 0. The first kappa shape index (κ1) is 33.5. The molecule has 1 heterocycles. The summed E-state index contributed by atoms with van der Waals surface area (Å²) in [5.74, 6) is -1.24. The normalized spacial score (nSPS) is 22.7. The van der Waals surface area contributed by atoms with Gasteiger partial charge in [0.05, 0.1) is 39.6 Å². The third-order valence-electron chi connectivity index (χ3n) is 7.88. The van der Waals surface area contributed by atoms with Crippen molar-refractivity contribution in [2.45, 2.75) is 63.1 Å². The average Bonchev–Trinajstić information content (AvgIpc) is 3.11. The molecule has 0 spiro atoms. The van der Waals surface area contributed by atoms with Crippen LogP contribution in [0, 0.1) is 0 Å². The lowest BCUT2D eigenvalue weighted by atomic mass is 9.89. The summed E-state index contributed by atoms with van der Waals surface area (Å²) in [6, 6.07) is 40.3. The predicted molar refractivity (Wildman–Crippen MR) is 180 cm³/mol. The molecule has 0 bridgehead atoms. The van der Waals surface area contributed by atoms with E-state index in [0.29, 0.717) is 32.8 Å². The Labute approximate surface area is 273 Å². The maximum atomic E-state index is 6.94. The van der Waals surface area contributed by atoms with Crippen molar-refractivity contribution in [1.82, 2.24) is 0 Å². The van der Waals surface area contributed by atoms with Gasteiger partial charge in [-0.25, -0.2) is 0 Å². The van der Waals surface area contributed by atoms with Gasteiger partial charge in [-0.2, -0.15) is 0 Å². The molecular formula is C40H44O6. The van der Waals surface area contributed by atoms with E-state index < -0.39 is 30.2 Å². The minimum absolute atomic E-state index is 0.248. The number of benzene rings is 4. The van der Waals surface area contributed by atoms with Crippen LogP contribution in [0.5, 0.6) is 0 Å². The van der Waals surface area contributed by atoms with Gasteiger partial charge in [-0.1, -0.05) is 133 Å². The fourth-order valence-corrected chi connectivity index (χ4v) is 5.66. The van der Waals surface area contributed by atoms with E-state index in [2.05, 4.69) is 13.2 Å². The van der Waals surface area contributed by atoms with Crippen LogP contribution in [0.3, 0.4) is 0 Å². The van der Waals surface area contributed by atoms with Crippen molar-refractivity contribution >= 4 is 0 Å². The van der Waals surface area contributed by atoms with Gasteiger partial charge in [0.2, 0.25) is 5.79 Å². The molecule has 6 heteroatoms. The Morgan fingerprint density at radius 2 is 1.02 bits per heavy atom. The topological polar surface area (TPSA) is 55.4 Å². The standard InChI is InChI=1S/C40H44O6/c1-3-25-40(45-26-4-2)39(44-30-35-23-15-8-16-24-35)38(43-29-34-21-13-7-14-22-34)37(42-28-33-19-11-6-12-20-33)36(46-40)31-41-27-32-17-9-5-10-18-32/h3-24,36-39H,1-2,25-31H2/t36-,37-,38+,39-,40+/m1/s1. The fraction of sp³-hybridized carbons (Fsp3) is 0.300. The van der Waals surface area contributed by atoms with E-state index in [4.69, 9.17) is 28.4 Å². The zero-order valence-corrected chi connectivity index (χ0v) is 26.3. The Bertz CT molecular complexity index is 1430. The minimum atomic E-state index is -1.24. The first-order valence-corrected chi connectivity index (χ1v) is 15.8. The Kier molecular flexibility index (Phi) is 12.9. The summed E-state index contributed by atoms with van der Waals surface area (Å²) in [7, 11) is 0. The van der Waals surface area contributed by atoms with Gasteiger partial charge in [-0.05, 0) is 22.3 Å². The molecule has 0 aliphatic carbocycles. The lowest BCUT2D eigenvalue weighted by molar-refractivity contribution is -0.379. The third-order valence-corrected chi connectivity index (χ3v) is 7.88. The van der Waals surface area contributed by atoms with Crippen LogP contribution >= 0.6 is 0 Å². The minimum Gasteiger partial charge on any atom is -0.374 e. The Hall–Kier alpha value is -3.88. The molecule has 46 heavy (non-hydrogen) atoms.